The second-order valence-corrected chi connectivity index (χ2v) is 6.37. The highest BCUT2D eigenvalue weighted by molar-refractivity contribution is 8.00. The topological polar surface area (TPSA) is 83.6 Å². The van der Waals surface area contributed by atoms with Crippen LogP contribution in [-0.4, -0.2) is 39.1 Å². The average molecular weight is 308 g/mol. The van der Waals surface area contributed by atoms with E-state index in [0.717, 1.165) is 12.8 Å². The summed E-state index contributed by atoms with van der Waals surface area (Å²) in [6, 6.07) is 4.41. The van der Waals surface area contributed by atoms with E-state index in [2.05, 4.69) is 0 Å². The van der Waals surface area contributed by atoms with Crippen LogP contribution in [-0.2, 0) is 4.79 Å². The minimum Gasteiger partial charge on any atom is -0.480 e. The van der Waals surface area contributed by atoms with Gasteiger partial charge in [0.05, 0.1) is 5.37 Å². The van der Waals surface area contributed by atoms with E-state index in [1.54, 1.807) is 25.1 Å². The fourth-order valence-electron chi connectivity index (χ4n) is 2.52. The van der Waals surface area contributed by atoms with E-state index in [9.17, 15) is 14.7 Å². The Morgan fingerprint density at radius 2 is 2.19 bits per heavy atom. The molecule has 0 radical (unpaired) electrons. The van der Waals surface area contributed by atoms with Crippen LogP contribution in [0.15, 0.2) is 18.2 Å². The maximum atomic E-state index is 12.8. The number of nitrogen functional groups attached to an aromatic ring is 1. The number of nitrogens with two attached hydrogens (primary N) is 1. The number of rotatable bonds is 4. The molecule has 1 aromatic rings. The Hall–Kier alpha value is -1.69. The van der Waals surface area contributed by atoms with E-state index in [4.69, 9.17) is 5.73 Å². The second kappa shape index (κ2) is 6.39. The Labute approximate surface area is 128 Å². The molecular weight excluding hydrogens is 288 g/mol. The van der Waals surface area contributed by atoms with Crippen molar-refractivity contribution in [1.29, 1.82) is 0 Å². The number of carbonyl (C=O) groups is 2. The molecule has 5 nitrogen and oxygen atoms in total. The van der Waals surface area contributed by atoms with Gasteiger partial charge in [-0.05, 0) is 31.0 Å². The van der Waals surface area contributed by atoms with Gasteiger partial charge in [0.1, 0.15) is 6.04 Å². The number of hydrogen-bond donors (Lipinski definition) is 2. The predicted octanol–water partition coefficient (Wildman–Crippen LogP) is 2.35. The summed E-state index contributed by atoms with van der Waals surface area (Å²) in [5, 5.41) is 9.28. The number of benzene rings is 1. The minimum atomic E-state index is -0.948. The van der Waals surface area contributed by atoms with Crippen molar-refractivity contribution < 1.29 is 14.7 Å². The van der Waals surface area contributed by atoms with Crippen LogP contribution in [0.3, 0.4) is 0 Å². The number of carboxylic acids is 1. The van der Waals surface area contributed by atoms with Gasteiger partial charge < -0.3 is 15.7 Å². The van der Waals surface area contributed by atoms with Gasteiger partial charge in [0.15, 0.2) is 0 Å². The van der Waals surface area contributed by atoms with E-state index >= 15 is 0 Å². The summed E-state index contributed by atoms with van der Waals surface area (Å²) in [4.78, 5) is 25.7. The van der Waals surface area contributed by atoms with E-state index < -0.39 is 12.0 Å². The molecule has 0 saturated carbocycles. The van der Waals surface area contributed by atoms with Gasteiger partial charge in [-0.1, -0.05) is 19.4 Å². The third-order valence-corrected chi connectivity index (χ3v) is 5.11. The standard InChI is InChI=1S/C15H20N2O3S/c1-3-5-13-17(12(8-21-13)15(19)20)14(18)10-6-4-7-11(16)9(10)2/h4,6-7,12-13H,3,5,8,16H2,1-2H3,(H,19,20). The lowest BCUT2D eigenvalue weighted by Crippen LogP contribution is -2.45. The van der Waals surface area contributed by atoms with Gasteiger partial charge in [0.2, 0.25) is 0 Å². The van der Waals surface area contributed by atoms with Crippen LogP contribution in [0.4, 0.5) is 5.69 Å². The lowest BCUT2D eigenvalue weighted by Gasteiger charge is -2.28. The largest absolute Gasteiger partial charge is 0.480 e. The maximum absolute atomic E-state index is 12.8. The highest BCUT2D eigenvalue weighted by atomic mass is 32.2. The summed E-state index contributed by atoms with van der Waals surface area (Å²) in [6.45, 7) is 3.82. The molecule has 114 valence electrons. The average Bonchev–Trinajstić information content (AvgIpc) is 2.85. The molecule has 1 aliphatic heterocycles. The zero-order valence-corrected chi connectivity index (χ0v) is 13.0. The van der Waals surface area contributed by atoms with Crippen molar-refractivity contribution in [2.75, 3.05) is 11.5 Å². The summed E-state index contributed by atoms with van der Waals surface area (Å²) < 4.78 is 0. The summed E-state index contributed by atoms with van der Waals surface area (Å²) in [5.41, 5.74) is 7.60. The molecule has 3 N–H and O–H groups in total. The van der Waals surface area contributed by atoms with Gasteiger partial charge >= 0.3 is 5.97 Å². The lowest BCUT2D eigenvalue weighted by molar-refractivity contribution is -0.141. The molecule has 0 bridgehead atoms. The van der Waals surface area contributed by atoms with Crippen LogP contribution in [0.5, 0.6) is 0 Å². The Morgan fingerprint density at radius 3 is 2.81 bits per heavy atom. The van der Waals surface area contributed by atoms with Crippen molar-refractivity contribution in [3.8, 4) is 0 Å². The van der Waals surface area contributed by atoms with Gasteiger partial charge in [-0.3, -0.25) is 4.79 Å². The molecule has 0 aromatic heterocycles. The van der Waals surface area contributed by atoms with Crippen molar-refractivity contribution in [2.24, 2.45) is 0 Å². The summed E-state index contributed by atoms with van der Waals surface area (Å²) in [7, 11) is 0. The molecule has 1 fully saturated rings. The molecular formula is C15H20N2O3S. The van der Waals surface area contributed by atoms with Crippen LogP contribution >= 0.6 is 11.8 Å². The number of thioether (sulfide) groups is 1. The molecule has 1 heterocycles. The van der Waals surface area contributed by atoms with Crippen LogP contribution in [0, 0.1) is 6.92 Å². The van der Waals surface area contributed by atoms with Gasteiger partial charge in [-0.15, -0.1) is 11.8 Å². The van der Waals surface area contributed by atoms with Crippen LogP contribution in [0.25, 0.3) is 0 Å². The zero-order valence-electron chi connectivity index (χ0n) is 12.2. The fraction of sp³-hybridized carbons (Fsp3) is 0.467. The monoisotopic (exact) mass is 308 g/mol. The van der Waals surface area contributed by atoms with E-state index in [1.807, 2.05) is 6.92 Å². The summed E-state index contributed by atoms with van der Waals surface area (Å²) >= 11 is 1.54. The first-order valence-corrected chi connectivity index (χ1v) is 8.04. The number of nitrogens with zero attached hydrogens (tertiary/aromatic N) is 1. The minimum absolute atomic E-state index is 0.0792. The third kappa shape index (κ3) is 3.00. The van der Waals surface area contributed by atoms with Gasteiger partial charge in [0.25, 0.3) is 5.91 Å². The first-order chi connectivity index (χ1) is 9.97. The molecule has 1 amide bonds. The third-order valence-electron chi connectivity index (χ3n) is 3.75. The van der Waals surface area contributed by atoms with Crippen molar-refractivity contribution in [2.45, 2.75) is 38.1 Å². The first kappa shape index (κ1) is 15.7. The summed E-state index contributed by atoms with van der Waals surface area (Å²) in [5.74, 6) is -0.751. The van der Waals surface area contributed by atoms with Crippen molar-refractivity contribution >= 4 is 29.3 Å². The molecule has 2 atom stereocenters. The normalized spacial score (nSPS) is 21.5. The molecule has 1 saturated heterocycles. The van der Waals surface area contributed by atoms with E-state index in [-0.39, 0.29) is 11.3 Å². The zero-order chi connectivity index (χ0) is 15.6. The lowest BCUT2D eigenvalue weighted by atomic mass is 10.0. The SMILES string of the molecule is CCCC1SCC(C(=O)O)N1C(=O)c1cccc(N)c1C. The number of aliphatic carboxylic acids is 1. The van der Waals surface area contributed by atoms with Crippen LogP contribution in [0.2, 0.25) is 0 Å². The van der Waals surface area contributed by atoms with Crippen LogP contribution in [0.1, 0.15) is 35.7 Å². The molecule has 1 aliphatic rings. The maximum Gasteiger partial charge on any atom is 0.327 e. The van der Waals surface area contributed by atoms with Crippen LogP contribution < -0.4 is 5.73 Å². The number of amides is 1. The number of hydrogen-bond acceptors (Lipinski definition) is 4. The number of carbonyl (C=O) groups excluding carboxylic acids is 1. The number of anilines is 1. The van der Waals surface area contributed by atoms with Crippen molar-refractivity contribution in [1.82, 2.24) is 4.90 Å². The fourth-order valence-corrected chi connectivity index (χ4v) is 4.03. The molecule has 1 aromatic carbocycles. The highest BCUT2D eigenvalue weighted by Gasteiger charge is 2.41. The Morgan fingerprint density at radius 1 is 1.48 bits per heavy atom. The van der Waals surface area contributed by atoms with Crippen molar-refractivity contribution in [3.63, 3.8) is 0 Å². The summed E-state index contributed by atoms with van der Waals surface area (Å²) in [6.07, 6.45) is 1.70. The van der Waals surface area contributed by atoms with Gasteiger partial charge in [-0.25, -0.2) is 4.79 Å². The Kier molecular flexibility index (Phi) is 4.77. The molecule has 6 heteroatoms. The quantitative estimate of drug-likeness (QED) is 0.834. The molecule has 2 unspecified atom stereocenters. The molecule has 2 rings (SSSR count). The smallest absolute Gasteiger partial charge is 0.327 e. The molecule has 21 heavy (non-hydrogen) atoms. The Balaban J connectivity index is 2.37. The van der Waals surface area contributed by atoms with E-state index in [0.29, 0.717) is 22.6 Å². The second-order valence-electron chi connectivity index (χ2n) is 5.16. The van der Waals surface area contributed by atoms with Gasteiger partial charge in [0, 0.05) is 17.0 Å². The Bertz CT molecular complexity index is 562. The van der Waals surface area contributed by atoms with E-state index in [1.165, 1.54) is 16.7 Å². The first-order valence-electron chi connectivity index (χ1n) is 6.99. The highest BCUT2D eigenvalue weighted by Crippen LogP contribution is 2.34. The molecule has 0 aliphatic carbocycles. The predicted molar refractivity (Wildman–Crippen MR) is 84.3 cm³/mol. The number of carboxylic acid groups (broad SMARTS) is 1. The van der Waals surface area contributed by atoms with Gasteiger partial charge in [-0.2, -0.15) is 0 Å². The van der Waals surface area contributed by atoms with Crippen molar-refractivity contribution in [3.05, 3.63) is 29.3 Å². The molecule has 0 spiro atoms.